The number of aliphatic hydroxyl groups is 1. The van der Waals surface area contributed by atoms with Crippen molar-refractivity contribution in [2.45, 2.75) is 19.4 Å². The average molecular weight is 300 g/mol. The predicted octanol–water partition coefficient (Wildman–Crippen LogP) is 4.42. The molecule has 1 aromatic carbocycles. The Hall–Kier alpha value is -1.16. The van der Waals surface area contributed by atoms with Crippen LogP contribution in [0.2, 0.25) is 10.0 Å². The third kappa shape index (κ3) is 3.06. The Morgan fingerprint density at radius 2 is 1.89 bits per heavy atom. The van der Waals surface area contributed by atoms with Gasteiger partial charge in [0.2, 0.25) is 0 Å². The van der Waals surface area contributed by atoms with Crippen molar-refractivity contribution in [2.75, 3.05) is 0 Å². The Bertz CT molecular complexity index is 623. The van der Waals surface area contributed by atoms with Crippen molar-refractivity contribution in [1.29, 1.82) is 0 Å². The van der Waals surface area contributed by atoms with Crippen molar-refractivity contribution in [3.05, 3.63) is 51.9 Å². The largest absolute Gasteiger partial charge is 0.386 e. The monoisotopic (exact) mass is 299 g/mol. The molecular weight excluding hydrogens is 288 g/mol. The van der Waals surface area contributed by atoms with Crippen molar-refractivity contribution >= 4 is 23.2 Å². The van der Waals surface area contributed by atoms with Crippen LogP contribution in [-0.4, -0.2) is 10.1 Å². The Morgan fingerprint density at radius 1 is 1.21 bits per heavy atom. The minimum atomic E-state index is -1.10. The second-order valence-corrected chi connectivity index (χ2v) is 5.58. The Labute approximate surface area is 120 Å². The van der Waals surface area contributed by atoms with Crippen LogP contribution in [0.3, 0.4) is 0 Å². The first-order valence-corrected chi connectivity index (χ1v) is 6.38. The number of aromatic nitrogens is 1. The fourth-order valence-corrected chi connectivity index (χ4v) is 2.28. The van der Waals surface area contributed by atoms with Crippen LogP contribution in [0, 0.1) is 5.82 Å². The standard InChI is InChI=1S/C14H12Cl2FNO/c1-14(2,19)10-7-18-13(6-11(10)16)9-5-8(15)3-4-12(9)17/h3-7,19H,1-2H3. The highest BCUT2D eigenvalue weighted by Gasteiger charge is 2.21. The van der Waals surface area contributed by atoms with Gasteiger partial charge in [-0.05, 0) is 38.1 Å². The fraction of sp³-hybridized carbons (Fsp3) is 0.214. The highest BCUT2D eigenvalue weighted by Crippen LogP contribution is 2.31. The van der Waals surface area contributed by atoms with Gasteiger partial charge in [0, 0.05) is 22.3 Å². The van der Waals surface area contributed by atoms with Crippen molar-refractivity contribution in [2.24, 2.45) is 0 Å². The van der Waals surface area contributed by atoms with Crippen LogP contribution in [0.25, 0.3) is 11.3 Å². The first-order chi connectivity index (χ1) is 8.79. The topological polar surface area (TPSA) is 33.1 Å². The first-order valence-electron chi connectivity index (χ1n) is 5.63. The molecule has 0 bridgehead atoms. The van der Waals surface area contributed by atoms with E-state index in [1.807, 2.05) is 0 Å². The minimum Gasteiger partial charge on any atom is -0.386 e. The van der Waals surface area contributed by atoms with Gasteiger partial charge >= 0.3 is 0 Å². The molecule has 2 nitrogen and oxygen atoms in total. The molecule has 0 aliphatic rings. The molecule has 0 fully saturated rings. The summed E-state index contributed by atoms with van der Waals surface area (Å²) in [5, 5.41) is 10.7. The van der Waals surface area contributed by atoms with Crippen LogP contribution in [0.5, 0.6) is 0 Å². The molecule has 0 saturated carbocycles. The Balaban J connectivity index is 2.54. The van der Waals surface area contributed by atoms with Gasteiger partial charge in [-0.1, -0.05) is 23.2 Å². The van der Waals surface area contributed by atoms with Crippen LogP contribution in [-0.2, 0) is 5.60 Å². The molecule has 100 valence electrons. The van der Waals surface area contributed by atoms with Gasteiger partial charge in [0.15, 0.2) is 0 Å². The predicted molar refractivity (Wildman–Crippen MR) is 74.9 cm³/mol. The van der Waals surface area contributed by atoms with Gasteiger partial charge in [0.05, 0.1) is 16.3 Å². The number of hydrogen-bond acceptors (Lipinski definition) is 2. The van der Waals surface area contributed by atoms with Crippen LogP contribution in [0.1, 0.15) is 19.4 Å². The summed E-state index contributed by atoms with van der Waals surface area (Å²) >= 11 is 11.9. The maximum absolute atomic E-state index is 13.7. The van der Waals surface area contributed by atoms with E-state index >= 15 is 0 Å². The molecule has 19 heavy (non-hydrogen) atoms. The lowest BCUT2D eigenvalue weighted by atomic mass is 9.99. The summed E-state index contributed by atoms with van der Waals surface area (Å²) < 4.78 is 13.7. The second-order valence-electron chi connectivity index (χ2n) is 4.73. The third-order valence-corrected chi connectivity index (χ3v) is 3.26. The summed E-state index contributed by atoms with van der Waals surface area (Å²) in [7, 11) is 0. The van der Waals surface area contributed by atoms with Gasteiger partial charge in [-0.2, -0.15) is 0 Å². The number of nitrogens with zero attached hydrogens (tertiary/aromatic N) is 1. The number of rotatable bonds is 2. The van der Waals surface area contributed by atoms with Crippen LogP contribution in [0.15, 0.2) is 30.5 Å². The smallest absolute Gasteiger partial charge is 0.132 e. The molecule has 2 rings (SSSR count). The second kappa shape index (κ2) is 5.08. The number of halogens is 3. The molecule has 0 saturated heterocycles. The molecule has 1 aromatic heterocycles. The van der Waals surface area contributed by atoms with Gasteiger partial charge in [0.25, 0.3) is 0 Å². The molecule has 0 spiro atoms. The quantitative estimate of drug-likeness (QED) is 0.890. The molecule has 0 amide bonds. The van der Waals surface area contributed by atoms with Gasteiger partial charge in [-0.25, -0.2) is 4.39 Å². The van der Waals surface area contributed by atoms with E-state index in [-0.39, 0.29) is 5.56 Å². The van der Waals surface area contributed by atoms with E-state index < -0.39 is 11.4 Å². The van der Waals surface area contributed by atoms with E-state index in [4.69, 9.17) is 23.2 Å². The van der Waals surface area contributed by atoms with Gasteiger partial charge < -0.3 is 5.11 Å². The van der Waals surface area contributed by atoms with Crippen LogP contribution >= 0.6 is 23.2 Å². The molecule has 1 heterocycles. The lowest BCUT2D eigenvalue weighted by Gasteiger charge is -2.19. The average Bonchev–Trinajstić information content (AvgIpc) is 2.30. The Kier molecular flexibility index (Phi) is 3.81. The molecule has 0 aliphatic heterocycles. The highest BCUT2D eigenvalue weighted by atomic mass is 35.5. The maximum Gasteiger partial charge on any atom is 0.132 e. The lowest BCUT2D eigenvalue weighted by molar-refractivity contribution is 0.0784. The van der Waals surface area contributed by atoms with Gasteiger partial charge in [0.1, 0.15) is 5.82 Å². The molecule has 5 heteroatoms. The van der Waals surface area contributed by atoms with E-state index in [1.54, 1.807) is 13.8 Å². The normalized spacial score (nSPS) is 11.7. The summed E-state index contributed by atoms with van der Waals surface area (Å²) in [5.41, 5.74) is 0.0326. The number of hydrogen-bond donors (Lipinski definition) is 1. The zero-order chi connectivity index (χ0) is 14.2. The summed E-state index contributed by atoms with van der Waals surface area (Å²) in [6.45, 7) is 3.21. The summed E-state index contributed by atoms with van der Waals surface area (Å²) in [4.78, 5) is 4.14. The summed E-state index contributed by atoms with van der Waals surface area (Å²) in [6.07, 6.45) is 1.44. The van der Waals surface area contributed by atoms with Crippen LogP contribution in [0.4, 0.5) is 4.39 Å². The maximum atomic E-state index is 13.7. The van der Waals surface area contributed by atoms with E-state index in [2.05, 4.69) is 4.98 Å². The number of benzene rings is 1. The first kappa shape index (κ1) is 14.3. The van der Waals surface area contributed by atoms with E-state index in [0.29, 0.717) is 21.3 Å². The van der Waals surface area contributed by atoms with Crippen molar-refractivity contribution < 1.29 is 9.50 Å². The van der Waals surface area contributed by atoms with E-state index in [9.17, 15) is 9.50 Å². The zero-order valence-electron chi connectivity index (χ0n) is 10.4. The van der Waals surface area contributed by atoms with Crippen LogP contribution < -0.4 is 0 Å². The number of pyridine rings is 1. The lowest BCUT2D eigenvalue weighted by Crippen LogP contribution is -2.16. The summed E-state index contributed by atoms with van der Waals surface area (Å²) in [6, 6.07) is 5.74. The highest BCUT2D eigenvalue weighted by molar-refractivity contribution is 6.32. The Morgan fingerprint density at radius 3 is 2.47 bits per heavy atom. The van der Waals surface area contributed by atoms with Gasteiger partial charge in [-0.3, -0.25) is 4.98 Å². The molecule has 0 atom stereocenters. The fourth-order valence-electron chi connectivity index (χ4n) is 1.72. The third-order valence-electron chi connectivity index (χ3n) is 2.72. The van der Waals surface area contributed by atoms with E-state index in [0.717, 1.165) is 0 Å². The minimum absolute atomic E-state index is 0.275. The zero-order valence-corrected chi connectivity index (χ0v) is 11.9. The molecule has 2 aromatic rings. The van der Waals surface area contributed by atoms with Crippen molar-refractivity contribution in [3.8, 4) is 11.3 Å². The summed E-state index contributed by atoms with van der Waals surface area (Å²) in [5.74, 6) is -0.427. The molecule has 0 radical (unpaired) electrons. The SMILES string of the molecule is CC(C)(O)c1cnc(-c2cc(Cl)ccc2F)cc1Cl. The van der Waals surface area contributed by atoms with E-state index in [1.165, 1.54) is 30.5 Å². The molecule has 0 unspecified atom stereocenters. The molecule has 1 N–H and O–H groups in total. The molecular formula is C14H12Cl2FNO. The van der Waals surface area contributed by atoms with Crippen molar-refractivity contribution in [3.63, 3.8) is 0 Å². The molecule has 0 aliphatic carbocycles. The van der Waals surface area contributed by atoms with Crippen molar-refractivity contribution in [1.82, 2.24) is 4.98 Å². The van der Waals surface area contributed by atoms with Gasteiger partial charge in [-0.15, -0.1) is 0 Å².